The van der Waals surface area contributed by atoms with Gasteiger partial charge in [-0.3, -0.25) is 4.79 Å². The van der Waals surface area contributed by atoms with Crippen LogP contribution >= 0.6 is 0 Å². The molecule has 0 fully saturated rings. The van der Waals surface area contributed by atoms with Crippen LogP contribution in [0.1, 0.15) is 15.9 Å². The standard InChI is InChI=1S/C13H9N4O/c14-16-17(15)11-7-3-6-9-8-4-1-2-5-10(8)13(18)12(9)11/h1-7,14-15H/q+1. The molecule has 0 amide bonds. The monoisotopic (exact) mass is 237 g/mol. The Labute approximate surface area is 103 Å². The van der Waals surface area contributed by atoms with E-state index in [1.165, 1.54) is 0 Å². The van der Waals surface area contributed by atoms with E-state index in [0.717, 1.165) is 11.1 Å². The lowest BCUT2D eigenvalue weighted by molar-refractivity contribution is -0.552. The molecule has 0 aliphatic heterocycles. The van der Waals surface area contributed by atoms with Gasteiger partial charge in [-0.2, -0.15) is 0 Å². The number of nitrogens with one attached hydrogen (secondary N) is 2. The normalized spacial score (nSPS) is 11.9. The highest BCUT2D eigenvalue weighted by molar-refractivity contribution is 6.23. The average molecular weight is 237 g/mol. The number of rotatable bonds is 2. The molecule has 1 aliphatic rings. The van der Waals surface area contributed by atoms with Crippen LogP contribution in [-0.4, -0.2) is 10.6 Å². The predicted molar refractivity (Wildman–Crippen MR) is 63.1 cm³/mol. The van der Waals surface area contributed by atoms with E-state index in [0.29, 0.717) is 21.6 Å². The van der Waals surface area contributed by atoms with Crippen LogP contribution in [0.15, 0.2) is 47.7 Å². The third kappa shape index (κ3) is 1.24. The van der Waals surface area contributed by atoms with Crippen molar-refractivity contribution in [3.63, 3.8) is 0 Å². The molecule has 2 aromatic rings. The van der Waals surface area contributed by atoms with Crippen LogP contribution in [0.2, 0.25) is 0 Å². The molecule has 0 radical (unpaired) electrons. The van der Waals surface area contributed by atoms with Gasteiger partial charge in [0, 0.05) is 11.1 Å². The van der Waals surface area contributed by atoms with Crippen molar-refractivity contribution in [3.05, 3.63) is 53.6 Å². The highest BCUT2D eigenvalue weighted by atomic mass is 16.1. The van der Waals surface area contributed by atoms with E-state index in [2.05, 4.69) is 5.22 Å². The molecule has 0 atom stereocenters. The van der Waals surface area contributed by atoms with Gasteiger partial charge < -0.3 is 0 Å². The van der Waals surface area contributed by atoms with Gasteiger partial charge in [0.15, 0.2) is 16.7 Å². The van der Waals surface area contributed by atoms with Gasteiger partial charge in [-0.25, -0.2) is 0 Å². The van der Waals surface area contributed by atoms with E-state index in [4.69, 9.17) is 11.1 Å². The molecule has 5 heteroatoms. The average Bonchev–Trinajstić information content (AvgIpc) is 2.72. The van der Waals surface area contributed by atoms with Crippen molar-refractivity contribution in [1.29, 1.82) is 11.1 Å². The SMILES string of the molecule is N=N[N+](=N)c1cccc2c1C(=O)c1ccccc1-2. The summed E-state index contributed by atoms with van der Waals surface area (Å²) in [5, 5.41) is 3.03. The van der Waals surface area contributed by atoms with Crippen LogP contribution in [0.5, 0.6) is 0 Å². The van der Waals surface area contributed by atoms with Gasteiger partial charge in [0.25, 0.3) is 0 Å². The summed E-state index contributed by atoms with van der Waals surface area (Å²) in [4.78, 5) is 13.0. The molecule has 0 heterocycles. The summed E-state index contributed by atoms with van der Waals surface area (Å²) in [6.07, 6.45) is 0. The largest absolute Gasteiger partial charge is 0.288 e. The van der Waals surface area contributed by atoms with Crippen molar-refractivity contribution in [3.8, 4) is 11.1 Å². The second-order valence-corrected chi connectivity index (χ2v) is 3.99. The van der Waals surface area contributed by atoms with Crippen molar-refractivity contribution in [1.82, 2.24) is 0 Å². The van der Waals surface area contributed by atoms with Crippen LogP contribution in [0, 0.1) is 11.1 Å². The fourth-order valence-corrected chi connectivity index (χ4v) is 2.28. The van der Waals surface area contributed by atoms with Gasteiger partial charge >= 0.3 is 0 Å². The molecule has 5 nitrogen and oxygen atoms in total. The molecule has 2 N–H and O–H groups in total. The molecule has 1 aliphatic carbocycles. The maximum atomic E-state index is 12.3. The summed E-state index contributed by atoms with van der Waals surface area (Å²) in [7, 11) is 0. The zero-order valence-corrected chi connectivity index (χ0v) is 9.34. The molecule has 0 spiro atoms. The second kappa shape index (κ2) is 3.66. The third-order valence-electron chi connectivity index (χ3n) is 3.06. The molecule has 0 aromatic heterocycles. The Morgan fingerprint density at radius 2 is 1.61 bits per heavy atom. The molecule has 3 rings (SSSR count). The fraction of sp³-hybridized carbons (Fsp3) is 0. The summed E-state index contributed by atoms with van der Waals surface area (Å²) in [5.74, 6) is -0.114. The van der Waals surface area contributed by atoms with Gasteiger partial charge in [-0.1, -0.05) is 36.4 Å². The number of hydrogen-bond acceptors (Lipinski definition) is 3. The molecule has 86 valence electrons. The van der Waals surface area contributed by atoms with E-state index < -0.39 is 0 Å². The quantitative estimate of drug-likeness (QED) is 0.399. The highest BCUT2D eigenvalue weighted by Gasteiger charge is 2.31. The minimum atomic E-state index is -0.114. The summed E-state index contributed by atoms with van der Waals surface area (Å²) in [6.45, 7) is 0. The van der Waals surface area contributed by atoms with Gasteiger partial charge in [-0.15, -0.1) is 5.53 Å². The summed E-state index contributed by atoms with van der Waals surface area (Å²) >= 11 is 0. The number of fused-ring (bicyclic) bond motifs is 3. The Balaban J connectivity index is 2.34. The van der Waals surface area contributed by atoms with Crippen LogP contribution in [0.25, 0.3) is 11.1 Å². The van der Waals surface area contributed by atoms with Gasteiger partial charge in [0.1, 0.15) is 0 Å². The van der Waals surface area contributed by atoms with Crippen LogP contribution < -0.4 is 0 Å². The number of carbonyl (C=O) groups excluding carboxylic acids is 1. The van der Waals surface area contributed by atoms with Crippen molar-refractivity contribution in [2.45, 2.75) is 0 Å². The van der Waals surface area contributed by atoms with Crippen LogP contribution in [0.3, 0.4) is 0 Å². The topological polar surface area (TPSA) is 80.1 Å². The van der Waals surface area contributed by atoms with E-state index in [1.807, 2.05) is 24.3 Å². The molecular formula is C13H9N4O+. The van der Waals surface area contributed by atoms with E-state index in [9.17, 15) is 4.79 Å². The van der Waals surface area contributed by atoms with Crippen LogP contribution in [-0.2, 0) is 0 Å². The predicted octanol–water partition coefficient (Wildman–Crippen LogP) is 3.52. The minimum absolute atomic E-state index is 0.114. The Morgan fingerprint density at radius 3 is 2.33 bits per heavy atom. The summed E-state index contributed by atoms with van der Waals surface area (Å²) < 4.78 is 0. The third-order valence-corrected chi connectivity index (χ3v) is 3.06. The number of carbonyl (C=O) groups is 1. The number of benzene rings is 2. The lowest BCUT2D eigenvalue weighted by atomic mass is 10.1. The zero-order chi connectivity index (χ0) is 12.7. The Kier molecular flexibility index (Phi) is 2.13. The highest BCUT2D eigenvalue weighted by Crippen LogP contribution is 2.40. The van der Waals surface area contributed by atoms with E-state index in [1.54, 1.807) is 18.2 Å². The molecule has 0 bridgehead atoms. The van der Waals surface area contributed by atoms with E-state index >= 15 is 0 Å². The van der Waals surface area contributed by atoms with Crippen LogP contribution in [0.4, 0.5) is 5.69 Å². The molecule has 0 saturated carbocycles. The maximum Gasteiger partial charge on any atom is 0.198 e. The number of ketones is 1. The molecular weight excluding hydrogens is 228 g/mol. The Hall–Kier alpha value is -2.69. The van der Waals surface area contributed by atoms with Crippen molar-refractivity contribution < 1.29 is 9.60 Å². The fourth-order valence-electron chi connectivity index (χ4n) is 2.28. The Bertz CT molecular complexity index is 706. The minimum Gasteiger partial charge on any atom is -0.288 e. The molecule has 18 heavy (non-hydrogen) atoms. The maximum absolute atomic E-state index is 12.3. The first-order chi connectivity index (χ1) is 8.74. The lowest BCUT2D eigenvalue weighted by Gasteiger charge is -2.00. The van der Waals surface area contributed by atoms with Crippen molar-refractivity contribution in [2.75, 3.05) is 0 Å². The van der Waals surface area contributed by atoms with Crippen molar-refractivity contribution >= 4 is 11.5 Å². The lowest BCUT2D eigenvalue weighted by Crippen LogP contribution is -2.00. The molecule has 2 aromatic carbocycles. The number of hydrogen-bond donors (Lipinski definition) is 2. The first-order valence-electron chi connectivity index (χ1n) is 5.40. The first kappa shape index (κ1) is 10.5. The molecule has 0 unspecified atom stereocenters. The van der Waals surface area contributed by atoms with E-state index in [-0.39, 0.29) is 5.78 Å². The van der Waals surface area contributed by atoms with Gasteiger partial charge in [-0.05, 0) is 22.0 Å². The van der Waals surface area contributed by atoms with Gasteiger partial charge in [0.05, 0.1) is 5.56 Å². The second-order valence-electron chi connectivity index (χ2n) is 3.99. The summed E-state index contributed by atoms with van der Waals surface area (Å²) in [6, 6.07) is 12.6. The Morgan fingerprint density at radius 1 is 0.944 bits per heavy atom. The zero-order valence-electron chi connectivity index (χ0n) is 9.34. The van der Waals surface area contributed by atoms with Gasteiger partial charge in [0.2, 0.25) is 0 Å². The smallest absolute Gasteiger partial charge is 0.198 e. The number of nitrogens with zero attached hydrogens (tertiary/aromatic N) is 2. The van der Waals surface area contributed by atoms with Crippen molar-refractivity contribution in [2.24, 2.45) is 5.22 Å². The summed E-state index contributed by atoms with van der Waals surface area (Å²) in [5.41, 5.74) is 17.5. The molecule has 0 saturated heterocycles. The first-order valence-corrected chi connectivity index (χ1v) is 5.40.